The van der Waals surface area contributed by atoms with Crippen molar-refractivity contribution in [1.82, 2.24) is 5.32 Å². The average molecular weight is 317 g/mol. The summed E-state index contributed by atoms with van der Waals surface area (Å²) in [7, 11) is 0. The first-order valence-corrected chi connectivity index (χ1v) is 8.21. The Kier molecular flexibility index (Phi) is 6.27. The number of amides is 1. The molecule has 22 heavy (non-hydrogen) atoms. The molecule has 0 aromatic heterocycles. The van der Waals surface area contributed by atoms with Gasteiger partial charge in [0.25, 0.3) is 5.91 Å². The molecule has 0 fully saturated rings. The van der Waals surface area contributed by atoms with Crippen LogP contribution >= 0.6 is 11.8 Å². The maximum atomic E-state index is 11.6. The minimum atomic E-state index is -0.384. The van der Waals surface area contributed by atoms with Gasteiger partial charge in [-0.15, -0.1) is 11.8 Å². The van der Waals surface area contributed by atoms with Crippen LogP contribution in [0.15, 0.2) is 47.4 Å². The number of hydrogen-bond donors (Lipinski definition) is 1. The van der Waals surface area contributed by atoms with E-state index in [1.807, 2.05) is 49.4 Å². The van der Waals surface area contributed by atoms with Crippen molar-refractivity contribution in [1.29, 1.82) is 0 Å². The van der Waals surface area contributed by atoms with Crippen LogP contribution in [-0.4, -0.2) is 30.8 Å². The van der Waals surface area contributed by atoms with Crippen molar-refractivity contribution in [3.05, 3.63) is 42.5 Å². The molecule has 1 N–H and O–H groups in total. The van der Waals surface area contributed by atoms with E-state index in [0.717, 1.165) is 16.7 Å². The molecule has 0 radical (unpaired) electrons. The zero-order valence-electron chi connectivity index (χ0n) is 12.5. The summed E-state index contributed by atoms with van der Waals surface area (Å²) in [6.07, 6.45) is 0.859. The summed E-state index contributed by atoms with van der Waals surface area (Å²) in [6, 6.07) is 14.1. The van der Waals surface area contributed by atoms with Crippen molar-refractivity contribution < 1.29 is 14.3 Å². The lowest BCUT2D eigenvalue weighted by Crippen LogP contribution is -2.29. The third kappa shape index (κ3) is 5.07. The predicted octanol–water partition coefficient (Wildman–Crippen LogP) is 3.00. The Morgan fingerprint density at radius 3 is 2.68 bits per heavy atom. The third-order valence-corrected chi connectivity index (χ3v) is 3.98. The van der Waals surface area contributed by atoms with Crippen LogP contribution in [0.2, 0.25) is 0 Å². The Bertz CT molecular complexity index is 657. The molecule has 0 saturated carbocycles. The Hall–Kier alpha value is -2.01. The number of hydrogen-bond acceptors (Lipinski definition) is 4. The quantitative estimate of drug-likeness (QED) is 0.630. The van der Waals surface area contributed by atoms with E-state index in [0.29, 0.717) is 6.54 Å². The second-order valence-electron chi connectivity index (χ2n) is 4.81. The summed E-state index contributed by atoms with van der Waals surface area (Å²) in [4.78, 5) is 24.0. The molecule has 4 nitrogen and oxygen atoms in total. The smallest absolute Gasteiger partial charge is 0.316 e. The highest BCUT2D eigenvalue weighted by Crippen LogP contribution is 2.23. The Morgan fingerprint density at radius 2 is 1.91 bits per heavy atom. The van der Waals surface area contributed by atoms with Gasteiger partial charge in [0.05, 0.1) is 5.75 Å². The van der Waals surface area contributed by atoms with E-state index in [-0.39, 0.29) is 24.2 Å². The number of esters is 1. The normalized spacial score (nSPS) is 10.4. The van der Waals surface area contributed by atoms with Gasteiger partial charge in [0.1, 0.15) is 0 Å². The van der Waals surface area contributed by atoms with Crippen LogP contribution in [0.4, 0.5) is 0 Å². The fourth-order valence-corrected chi connectivity index (χ4v) is 2.65. The van der Waals surface area contributed by atoms with Crippen LogP contribution in [0, 0.1) is 0 Å². The molecule has 0 spiro atoms. The Labute approximate surface area is 134 Å². The number of carbonyl (C=O) groups excluding carboxylic acids is 2. The van der Waals surface area contributed by atoms with Gasteiger partial charge < -0.3 is 10.1 Å². The minimum absolute atomic E-state index is 0.194. The highest BCUT2D eigenvalue weighted by atomic mass is 32.2. The lowest BCUT2D eigenvalue weighted by molar-refractivity contribution is -0.145. The van der Waals surface area contributed by atoms with Crippen LogP contribution < -0.4 is 5.32 Å². The maximum absolute atomic E-state index is 11.6. The molecule has 0 aliphatic carbocycles. The number of fused-ring (bicyclic) bond motifs is 1. The number of carbonyl (C=O) groups is 2. The minimum Gasteiger partial charge on any atom is -0.455 e. The van der Waals surface area contributed by atoms with Crippen LogP contribution in [0.5, 0.6) is 0 Å². The molecule has 0 atom stereocenters. The molecule has 1 amide bonds. The van der Waals surface area contributed by atoms with Crippen molar-refractivity contribution in [3.63, 3.8) is 0 Å². The summed E-state index contributed by atoms with van der Waals surface area (Å²) in [5.74, 6) is -0.449. The fourth-order valence-electron chi connectivity index (χ4n) is 1.90. The molecule has 2 rings (SSSR count). The summed E-state index contributed by atoms with van der Waals surface area (Å²) >= 11 is 1.41. The second-order valence-corrected chi connectivity index (χ2v) is 5.86. The molecule has 0 heterocycles. The fraction of sp³-hybridized carbons (Fsp3) is 0.294. The molecule has 5 heteroatoms. The zero-order valence-corrected chi connectivity index (χ0v) is 13.3. The molecule has 116 valence electrons. The van der Waals surface area contributed by atoms with Gasteiger partial charge in [0.15, 0.2) is 6.61 Å². The molecular formula is C17H19NO3S. The molecular weight excluding hydrogens is 298 g/mol. The number of rotatable bonds is 7. The van der Waals surface area contributed by atoms with Gasteiger partial charge in [0.2, 0.25) is 0 Å². The molecule has 2 aromatic rings. The lowest BCUT2D eigenvalue weighted by Gasteiger charge is -2.06. The van der Waals surface area contributed by atoms with Gasteiger partial charge in [-0.05, 0) is 29.3 Å². The molecule has 2 aromatic carbocycles. The van der Waals surface area contributed by atoms with E-state index >= 15 is 0 Å². The first-order chi connectivity index (χ1) is 10.7. The second kappa shape index (κ2) is 8.44. The van der Waals surface area contributed by atoms with Gasteiger partial charge in [0, 0.05) is 11.4 Å². The van der Waals surface area contributed by atoms with Crippen LogP contribution in [-0.2, 0) is 14.3 Å². The Morgan fingerprint density at radius 1 is 1.14 bits per heavy atom. The zero-order chi connectivity index (χ0) is 15.8. The van der Waals surface area contributed by atoms with Crippen LogP contribution in [0.1, 0.15) is 13.3 Å². The predicted molar refractivity (Wildman–Crippen MR) is 88.9 cm³/mol. The van der Waals surface area contributed by atoms with Gasteiger partial charge in [-0.25, -0.2) is 0 Å². The van der Waals surface area contributed by atoms with Crippen molar-refractivity contribution in [2.45, 2.75) is 18.2 Å². The van der Waals surface area contributed by atoms with E-state index in [2.05, 4.69) is 5.32 Å². The first-order valence-electron chi connectivity index (χ1n) is 7.23. The molecule has 0 aliphatic heterocycles. The largest absolute Gasteiger partial charge is 0.455 e. The molecule has 0 bridgehead atoms. The van der Waals surface area contributed by atoms with Gasteiger partial charge in [-0.3, -0.25) is 9.59 Å². The molecule has 0 aliphatic rings. The van der Waals surface area contributed by atoms with E-state index in [1.165, 1.54) is 17.1 Å². The number of benzene rings is 2. The third-order valence-electron chi connectivity index (χ3n) is 3.01. The number of nitrogens with one attached hydrogen (secondary N) is 1. The Balaban J connectivity index is 1.78. The van der Waals surface area contributed by atoms with Crippen molar-refractivity contribution in [3.8, 4) is 0 Å². The standard InChI is InChI=1S/C17H19NO3S/c1-2-9-18-16(19)11-21-17(20)12-22-15-8-7-13-5-3-4-6-14(13)10-15/h3-8,10H,2,9,11-12H2,1H3,(H,18,19). The van der Waals surface area contributed by atoms with Gasteiger partial charge >= 0.3 is 5.97 Å². The van der Waals surface area contributed by atoms with E-state index in [4.69, 9.17) is 4.74 Å². The topological polar surface area (TPSA) is 55.4 Å². The summed E-state index contributed by atoms with van der Waals surface area (Å²) in [5, 5.41) is 4.97. The average Bonchev–Trinajstić information content (AvgIpc) is 2.56. The number of ether oxygens (including phenoxy) is 1. The highest BCUT2D eigenvalue weighted by molar-refractivity contribution is 8.00. The van der Waals surface area contributed by atoms with Crippen molar-refractivity contribution in [2.75, 3.05) is 18.9 Å². The number of thioether (sulfide) groups is 1. The molecule has 0 saturated heterocycles. The summed E-state index contributed by atoms with van der Waals surface area (Å²) < 4.78 is 4.94. The van der Waals surface area contributed by atoms with E-state index in [1.54, 1.807) is 0 Å². The van der Waals surface area contributed by atoms with Crippen LogP contribution in [0.25, 0.3) is 10.8 Å². The summed E-state index contributed by atoms with van der Waals surface area (Å²) in [5.41, 5.74) is 0. The van der Waals surface area contributed by atoms with Gasteiger partial charge in [-0.1, -0.05) is 37.3 Å². The first kappa shape index (κ1) is 16.4. The van der Waals surface area contributed by atoms with E-state index in [9.17, 15) is 9.59 Å². The monoisotopic (exact) mass is 317 g/mol. The van der Waals surface area contributed by atoms with Crippen LogP contribution in [0.3, 0.4) is 0 Å². The van der Waals surface area contributed by atoms with Gasteiger partial charge in [-0.2, -0.15) is 0 Å². The summed E-state index contributed by atoms with van der Waals surface area (Å²) in [6.45, 7) is 2.35. The van der Waals surface area contributed by atoms with E-state index < -0.39 is 0 Å². The molecule has 0 unspecified atom stereocenters. The SMILES string of the molecule is CCCNC(=O)COC(=O)CSc1ccc2ccccc2c1. The van der Waals surface area contributed by atoms with Crippen molar-refractivity contribution in [2.24, 2.45) is 0 Å². The van der Waals surface area contributed by atoms with Crippen molar-refractivity contribution >= 4 is 34.4 Å². The highest BCUT2D eigenvalue weighted by Gasteiger charge is 2.08. The lowest BCUT2D eigenvalue weighted by atomic mass is 10.1. The maximum Gasteiger partial charge on any atom is 0.316 e.